The van der Waals surface area contributed by atoms with Crippen LogP contribution in [0.25, 0.3) is 0 Å². The number of halogens is 3. The van der Waals surface area contributed by atoms with Gasteiger partial charge in [0.1, 0.15) is 5.82 Å². The Labute approximate surface area is 123 Å². The third-order valence-electron chi connectivity index (χ3n) is 2.24. The fraction of sp³-hybridized carbons (Fsp3) is 0. The number of benzene rings is 1. The molecule has 0 spiro atoms. The number of hydrogen-bond acceptors (Lipinski definition) is 3. The Hall–Kier alpha value is -1.49. The van der Waals surface area contributed by atoms with E-state index in [1.165, 1.54) is 12.1 Å². The molecule has 7 heteroatoms. The van der Waals surface area contributed by atoms with Crippen LogP contribution in [0.5, 0.6) is 0 Å². The number of carbonyl (C=O) groups is 1. The van der Waals surface area contributed by atoms with Crippen molar-refractivity contribution in [1.82, 2.24) is 4.98 Å². The van der Waals surface area contributed by atoms with Gasteiger partial charge < -0.3 is 10.4 Å². The van der Waals surface area contributed by atoms with Gasteiger partial charge in [0.25, 0.3) is 0 Å². The van der Waals surface area contributed by atoms with Crippen LogP contribution in [-0.2, 0) is 0 Å². The quantitative estimate of drug-likeness (QED) is 0.819. The van der Waals surface area contributed by atoms with Gasteiger partial charge in [-0.15, -0.1) is 0 Å². The lowest BCUT2D eigenvalue weighted by atomic mass is 10.3. The highest BCUT2D eigenvalue weighted by Gasteiger charge is 2.09. The molecule has 0 saturated heterocycles. The fourth-order valence-corrected chi connectivity index (χ4v) is 1.97. The molecule has 0 aliphatic carbocycles. The monoisotopic (exact) mass is 316 g/mol. The van der Waals surface area contributed by atoms with Crippen molar-refractivity contribution in [3.05, 3.63) is 51.1 Å². The molecular formula is C12H7Cl3N2O2. The van der Waals surface area contributed by atoms with Crippen LogP contribution in [0, 0.1) is 0 Å². The molecule has 0 aliphatic heterocycles. The molecule has 2 aromatic rings. The van der Waals surface area contributed by atoms with E-state index < -0.39 is 5.97 Å². The molecular weight excluding hydrogens is 311 g/mol. The molecule has 0 fully saturated rings. The van der Waals surface area contributed by atoms with Crippen molar-refractivity contribution in [1.29, 1.82) is 0 Å². The molecule has 19 heavy (non-hydrogen) atoms. The van der Waals surface area contributed by atoms with Crippen LogP contribution >= 0.6 is 34.8 Å². The topological polar surface area (TPSA) is 62.2 Å². The molecule has 1 aromatic carbocycles. The predicted molar refractivity (Wildman–Crippen MR) is 76.0 cm³/mol. The van der Waals surface area contributed by atoms with E-state index in [1.54, 1.807) is 18.2 Å². The van der Waals surface area contributed by atoms with Gasteiger partial charge in [-0.05, 0) is 24.3 Å². The third-order valence-corrected chi connectivity index (χ3v) is 3.28. The summed E-state index contributed by atoms with van der Waals surface area (Å²) in [7, 11) is 0. The molecule has 1 aromatic heterocycles. The van der Waals surface area contributed by atoms with Crippen LogP contribution in [0.4, 0.5) is 11.5 Å². The number of rotatable bonds is 3. The van der Waals surface area contributed by atoms with Crippen LogP contribution in [0.1, 0.15) is 10.5 Å². The summed E-state index contributed by atoms with van der Waals surface area (Å²) < 4.78 is 0. The standard InChI is InChI=1S/C12H7Cl3N2O2/c13-6-4-8(15)10(5-7(6)14)17-11-3-1-2-9(16-11)12(18)19/h1-5H,(H,16,17)(H,18,19). The molecule has 98 valence electrons. The van der Waals surface area contributed by atoms with Gasteiger partial charge in [0.05, 0.1) is 20.8 Å². The Kier molecular flexibility index (Phi) is 4.14. The minimum Gasteiger partial charge on any atom is -0.477 e. The average Bonchev–Trinajstić information content (AvgIpc) is 2.36. The third kappa shape index (κ3) is 3.29. The minimum absolute atomic E-state index is 0.0683. The highest BCUT2D eigenvalue weighted by atomic mass is 35.5. The number of nitrogens with zero attached hydrogens (tertiary/aromatic N) is 1. The van der Waals surface area contributed by atoms with E-state index >= 15 is 0 Å². The maximum atomic E-state index is 10.8. The number of aromatic carboxylic acids is 1. The molecule has 0 aliphatic rings. The summed E-state index contributed by atoms with van der Waals surface area (Å²) >= 11 is 17.7. The summed E-state index contributed by atoms with van der Waals surface area (Å²) in [6, 6.07) is 7.62. The molecule has 2 rings (SSSR count). The Balaban J connectivity index is 2.33. The van der Waals surface area contributed by atoms with E-state index in [0.29, 0.717) is 26.6 Å². The molecule has 0 unspecified atom stereocenters. The van der Waals surface area contributed by atoms with Gasteiger partial charge in [-0.25, -0.2) is 9.78 Å². The summed E-state index contributed by atoms with van der Waals surface area (Å²) in [5.41, 5.74) is 0.423. The average molecular weight is 318 g/mol. The number of aromatic nitrogens is 1. The van der Waals surface area contributed by atoms with E-state index in [-0.39, 0.29) is 5.69 Å². The highest BCUT2D eigenvalue weighted by molar-refractivity contribution is 6.44. The maximum absolute atomic E-state index is 10.8. The van der Waals surface area contributed by atoms with Gasteiger partial charge in [-0.2, -0.15) is 0 Å². The lowest BCUT2D eigenvalue weighted by molar-refractivity contribution is 0.0690. The zero-order valence-electron chi connectivity index (χ0n) is 9.32. The summed E-state index contributed by atoms with van der Waals surface area (Å²) in [5.74, 6) is -0.760. The Morgan fingerprint density at radius 1 is 1.11 bits per heavy atom. The van der Waals surface area contributed by atoms with Crippen molar-refractivity contribution in [3.8, 4) is 0 Å². The van der Waals surface area contributed by atoms with E-state index in [9.17, 15) is 4.79 Å². The number of hydrogen-bond donors (Lipinski definition) is 2. The highest BCUT2D eigenvalue weighted by Crippen LogP contribution is 2.33. The molecule has 0 amide bonds. The van der Waals surface area contributed by atoms with Crippen LogP contribution in [0.2, 0.25) is 15.1 Å². The van der Waals surface area contributed by atoms with Gasteiger partial charge in [-0.1, -0.05) is 40.9 Å². The fourth-order valence-electron chi connectivity index (χ4n) is 1.38. The zero-order chi connectivity index (χ0) is 14.0. The first-order valence-corrected chi connectivity index (χ1v) is 6.22. The second-order valence-electron chi connectivity index (χ2n) is 3.58. The first kappa shape index (κ1) is 13.9. The number of nitrogens with one attached hydrogen (secondary N) is 1. The number of pyridine rings is 1. The molecule has 4 nitrogen and oxygen atoms in total. The second-order valence-corrected chi connectivity index (χ2v) is 4.81. The molecule has 1 heterocycles. The first-order valence-electron chi connectivity index (χ1n) is 5.09. The molecule has 0 atom stereocenters. The van der Waals surface area contributed by atoms with Crippen molar-refractivity contribution in [2.45, 2.75) is 0 Å². The van der Waals surface area contributed by atoms with Gasteiger partial charge in [0, 0.05) is 0 Å². The number of carboxylic acid groups (broad SMARTS) is 1. The molecule has 0 saturated carbocycles. The van der Waals surface area contributed by atoms with Crippen molar-refractivity contribution < 1.29 is 9.90 Å². The predicted octanol–water partition coefficient (Wildman–Crippen LogP) is 4.48. The van der Waals surface area contributed by atoms with Crippen molar-refractivity contribution in [2.75, 3.05) is 5.32 Å². The minimum atomic E-state index is -1.11. The lowest BCUT2D eigenvalue weighted by Gasteiger charge is -2.09. The molecule has 0 bridgehead atoms. The van der Waals surface area contributed by atoms with Gasteiger partial charge in [-0.3, -0.25) is 0 Å². The summed E-state index contributed by atoms with van der Waals surface area (Å²) in [5, 5.41) is 12.8. The van der Waals surface area contributed by atoms with Gasteiger partial charge in [0.15, 0.2) is 5.69 Å². The van der Waals surface area contributed by atoms with Crippen molar-refractivity contribution >= 4 is 52.3 Å². The Morgan fingerprint density at radius 3 is 2.47 bits per heavy atom. The normalized spacial score (nSPS) is 10.3. The smallest absolute Gasteiger partial charge is 0.354 e. The van der Waals surface area contributed by atoms with Crippen molar-refractivity contribution in [2.24, 2.45) is 0 Å². The SMILES string of the molecule is O=C(O)c1cccc(Nc2cc(Cl)c(Cl)cc2Cl)n1. The van der Waals surface area contributed by atoms with Crippen LogP contribution < -0.4 is 5.32 Å². The molecule has 2 N–H and O–H groups in total. The lowest BCUT2D eigenvalue weighted by Crippen LogP contribution is -2.02. The number of anilines is 2. The van der Waals surface area contributed by atoms with Gasteiger partial charge in [0.2, 0.25) is 0 Å². The largest absolute Gasteiger partial charge is 0.477 e. The van der Waals surface area contributed by atoms with Crippen LogP contribution in [0.3, 0.4) is 0 Å². The van der Waals surface area contributed by atoms with E-state index in [0.717, 1.165) is 0 Å². The first-order chi connectivity index (χ1) is 8.97. The second kappa shape index (κ2) is 5.65. The van der Waals surface area contributed by atoms with Crippen LogP contribution in [-0.4, -0.2) is 16.1 Å². The number of carboxylic acids is 1. The maximum Gasteiger partial charge on any atom is 0.354 e. The van der Waals surface area contributed by atoms with Crippen LogP contribution in [0.15, 0.2) is 30.3 Å². The zero-order valence-corrected chi connectivity index (χ0v) is 11.6. The Morgan fingerprint density at radius 2 is 1.79 bits per heavy atom. The summed E-state index contributed by atoms with van der Waals surface area (Å²) in [4.78, 5) is 14.7. The van der Waals surface area contributed by atoms with Gasteiger partial charge >= 0.3 is 5.97 Å². The molecule has 0 radical (unpaired) electrons. The Bertz CT molecular complexity index is 647. The van der Waals surface area contributed by atoms with E-state index in [2.05, 4.69) is 10.3 Å². The summed E-state index contributed by atoms with van der Waals surface area (Å²) in [6.45, 7) is 0. The summed E-state index contributed by atoms with van der Waals surface area (Å²) in [6.07, 6.45) is 0. The van der Waals surface area contributed by atoms with E-state index in [1.807, 2.05) is 0 Å². The van der Waals surface area contributed by atoms with Crippen molar-refractivity contribution in [3.63, 3.8) is 0 Å². The van der Waals surface area contributed by atoms with E-state index in [4.69, 9.17) is 39.9 Å².